The van der Waals surface area contributed by atoms with Gasteiger partial charge in [0.05, 0.1) is 0 Å². The Labute approximate surface area is 131 Å². The summed E-state index contributed by atoms with van der Waals surface area (Å²) in [7, 11) is 0. The van der Waals surface area contributed by atoms with Gasteiger partial charge in [0.15, 0.2) is 0 Å². The molecule has 2 aromatic carbocycles. The van der Waals surface area contributed by atoms with Gasteiger partial charge in [-0.15, -0.1) is 0 Å². The second-order valence-electron chi connectivity index (χ2n) is 4.80. The summed E-state index contributed by atoms with van der Waals surface area (Å²) < 4.78 is 1.48. The quantitative estimate of drug-likeness (QED) is 0.776. The monoisotopic (exact) mass is 347 g/mol. The first-order valence-corrected chi connectivity index (χ1v) is 9.54. The molecule has 0 amide bonds. The van der Waals surface area contributed by atoms with Crippen LogP contribution in [-0.4, -0.2) is 31.8 Å². The molecule has 3 heteroatoms. The first-order chi connectivity index (χ1) is 9.83. The Kier molecular flexibility index (Phi) is 4.61. The molecule has 0 aliphatic carbocycles. The van der Waals surface area contributed by atoms with Gasteiger partial charge in [-0.05, 0) is 0 Å². The molecule has 20 heavy (non-hydrogen) atoms. The number of benzene rings is 2. The van der Waals surface area contributed by atoms with E-state index in [9.17, 15) is 0 Å². The van der Waals surface area contributed by atoms with Crippen molar-refractivity contribution in [3.8, 4) is 0 Å². The zero-order chi connectivity index (χ0) is 13.8. The molecule has 0 saturated heterocycles. The van der Waals surface area contributed by atoms with E-state index in [0.717, 1.165) is 6.54 Å². The Balaban J connectivity index is 1.71. The average Bonchev–Trinajstić information content (AvgIpc) is 2.51. The second-order valence-corrected chi connectivity index (χ2v) is 8.92. The summed E-state index contributed by atoms with van der Waals surface area (Å²) in [5.74, 6) is 0. The number of nitrogens with zero attached hydrogens (tertiary/aromatic N) is 1. The van der Waals surface area contributed by atoms with Crippen LogP contribution in [0.4, 0.5) is 0 Å². The Morgan fingerprint density at radius 3 is 2.30 bits per heavy atom. The van der Waals surface area contributed by atoms with Crippen molar-refractivity contribution < 1.29 is 0 Å². The zero-order valence-electron chi connectivity index (χ0n) is 11.4. The van der Waals surface area contributed by atoms with Crippen molar-refractivity contribution in [1.29, 1.82) is 0 Å². The van der Waals surface area contributed by atoms with Gasteiger partial charge in [0.1, 0.15) is 0 Å². The molecule has 1 nitrogen and oxygen atoms in total. The van der Waals surface area contributed by atoms with E-state index >= 15 is 0 Å². The van der Waals surface area contributed by atoms with Crippen molar-refractivity contribution in [3.63, 3.8) is 0 Å². The van der Waals surface area contributed by atoms with E-state index in [-0.39, 0.29) is 0 Å². The molecule has 2 aromatic rings. The van der Waals surface area contributed by atoms with Gasteiger partial charge in [0.2, 0.25) is 0 Å². The predicted molar refractivity (Wildman–Crippen MR) is 90.5 cm³/mol. The fourth-order valence-electron chi connectivity index (χ4n) is 2.16. The van der Waals surface area contributed by atoms with Crippen LogP contribution in [0.15, 0.2) is 65.7 Å². The van der Waals surface area contributed by atoms with Crippen LogP contribution in [0.5, 0.6) is 0 Å². The van der Waals surface area contributed by atoms with Crippen molar-refractivity contribution in [1.82, 2.24) is 0 Å². The second kappa shape index (κ2) is 6.62. The van der Waals surface area contributed by atoms with Crippen LogP contribution in [-0.2, 0) is 0 Å². The van der Waals surface area contributed by atoms with E-state index in [1.54, 1.807) is 0 Å². The minimum atomic E-state index is 0.513. The molecule has 0 saturated carbocycles. The first-order valence-electron chi connectivity index (χ1n) is 6.81. The number of rotatable bonds is 3. The number of thioether (sulfide) groups is 1. The Bertz CT molecular complexity index is 582. The summed E-state index contributed by atoms with van der Waals surface area (Å²) in [5, 5.41) is 1.85. The molecular weight excluding hydrogens is 329 g/mol. The molecule has 0 radical (unpaired) electrons. The SMILES string of the molecule is CC1SC(c2ccccc2)=NCC1[Se]c1ccccc1. The molecule has 0 aromatic heterocycles. The maximum absolute atomic E-state index is 4.82. The van der Waals surface area contributed by atoms with Crippen molar-refractivity contribution in [2.45, 2.75) is 17.0 Å². The standard InChI is InChI=1S/C17H17NSSe/c1-13-16(20-15-10-6-3-7-11-15)12-18-17(19-13)14-8-4-2-5-9-14/h2-11,13,16H,12H2,1H3. The van der Waals surface area contributed by atoms with Crippen LogP contribution in [0.1, 0.15) is 12.5 Å². The average molecular weight is 346 g/mol. The minimum absolute atomic E-state index is 0.513. The first kappa shape index (κ1) is 13.9. The summed E-state index contributed by atoms with van der Waals surface area (Å²) >= 11 is 2.45. The maximum atomic E-state index is 4.82. The molecule has 2 unspecified atom stereocenters. The van der Waals surface area contributed by atoms with Crippen LogP contribution in [0.2, 0.25) is 4.82 Å². The molecule has 3 rings (SSSR count). The molecule has 2 atom stereocenters. The normalized spacial score (nSPS) is 22.4. The number of hydrogen-bond acceptors (Lipinski definition) is 2. The van der Waals surface area contributed by atoms with Gasteiger partial charge in [-0.3, -0.25) is 0 Å². The summed E-state index contributed by atoms with van der Waals surface area (Å²) in [6.45, 7) is 3.31. The van der Waals surface area contributed by atoms with Gasteiger partial charge >= 0.3 is 131 Å². The van der Waals surface area contributed by atoms with Crippen molar-refractivity contribution in [2.24, 2.45) is 4.99 Å². The van der Waals surface area contributed by atoms with Crippen molar-refractivity contribution in [2.75, 3.05) is 6.54 Å². The topological polar surface area (TPSA) is 12.4 Å². The van der Waals surface area contributed by atoms with Crippen LogP contribution in [0.25, 0.3) is 0 Å². The Morgan fingerprint density at radius 2 is 1.65 bits per heavy atom. The summed E-state index contributed by atoms with van der Waals surface area (Å²) in [6.07, 6.45) is 0. The van der Waals surface area contributed by atoms with E-state index in [2.05, 4.69) is 67.6 Å². The van der Waals surface area contributed by atoms with E-state index in [0.29, 0.717) is 25.0 Å². The van der Waals surface area contributed by atoms with Gasteiger partial charge in [-0.2, -0.15) is 0 Å². The summed E-state index contributed by atoms with van der Waals surface area (Å²) in [5.41, 5.74) is 1.26. The Morgan fingerprint density at radius 1 is 1.00 bits per heavy atom. The molecule has 102 valence electrons. The van der Waals surface area contributed by atoms with E-state index in [1.807, 2.05) is 11.8 Å². The fourth-order valence-corrected chi connectivity index (χ4v) is 5.91. The van der Waals surface area contributed by atoms with Crippen LogP contribution < -0.4 is 4.46 Å². The fraction of sp³-hybridized carbons (Fsp3) is 0.235. The molecule has 0 bridgehead atoms. The summed E-state index contributed by atoms with van der Waals surface area (Å²) in [4.78, 5) is 5.52. The molecule has 0 fully saturated rings. The molecular formula is C17H17NSSe. The molecule has 0 spiro atoms. The van der Waals surface area contributed by atoms with Crippen molar-refractivity contribution >= 4 is 36.2 Å². The van der Waals surface area contributed by atoms with Gasteiger partial charge in [-0.1, -0.05) is 0 Å². The van der Waals surface area contributed by atoms with Gasteiger partial charge in [-0.25, -0.2) is 0 Å². The van der Waals surface area contributed by atoms with Gasteiger partial charge in [0.25, 0.3) is 0 Å². The van der Waals surface area contributed by atoms with E-state index in [4.69, 9.17) is 4.99 Å². The van der Waals surface area contributed by atoms with Crippen LogP contribution in [0.3, 0.4) is 0 Å². The van der Waals surface area contributed by atoms with Gasteiger partial charge < -0.3 is 0 Å². The van der Waals surface area contributed by atoms with Crippen LogP contribution in [0, 0.1) is 0 Å². The zero-order valence-corrected chi connectivity index (χ0v) is 13.9. The number of hydrogen-bond donors (Lipinski definition) is 0. The Hall–Kier alpha value is -1.02. The third-order valence-corrected chi connectivity index (χ3v) is 7.91. The third kappa shape index (κ3) is 3.35. The molecule has 1 aliphatic rings. The molecule has 1 heterocycles. The van der Waals surface area contributed by atoms with E-state index in [1.165, 1.54) is 15.1 Å². The third-order valence-electron chi connectivity index (χ3n) is 3.29. The number of aliphatic imine (C=N–C) groups is 1. The van der Waals surface area contributed by atoms with Crippen LogP contribution >= 0.6 is 11.8 Å². The summed E-state index contributed by atoms with van der Waals surface area (Å²) in [6, 6.07) is 21.4. The molecule has 1 aliphatic heterocycles. The van der Waals surface area contributed by atoms with E-state index < -0.39 is 0 Å². The van der Waals surface area contributed by atoms with Gasteiger partial charge in [0, 0.05) is 0 Å². The predicted octanol–water partition coefficient (Wildman–Crippen LogP) is 3.39. The van der Waals surface area contributed by atoms with Crippen molar-refractivity contribution in [3.05, 3.63) is 66.2 Å². The molecule has 0 N–H and O–H groups in total.